The first-order chi connectivity index (χ1) is 28.1. The number of aliphatic carboxylic acids is 1. The molecule has 0 rings (SSSR count). The summed E-state index contributed by atoms with van der Waals surface area (Å²) in [6, 6.07) is -0.624. The van der Waals surface area contributed by atoms with Crippen molar-refractivity contribution in [1.82, 2.24) is 0 Å². The molecule has 0 aromatic heterocycles. The molecule has 0 aliphatic rings. The second-order valence-electron chi connectivity index (χ2n) is 15.9. The van der Waals surface area contributed by atoms with E-state index in [9.17, 15) is 19.5 Å². The molecule has 1 N–H and O–H groups in total. The van der Waals surface area contributed by atoms with Crippen LogP contribution < -0.4 is 0 Å². The summed E-state index contributed by atoms with van der Waals surface area (Å²) < 4.78 is 17.2. The van der Waals surface area contributed by atoms with Crippen LogP contribution in [0.5, 0.6) is 0 Å². The molecule has 0 radical (unpaired) electrons. The van der Waals surface area contributed by atoms with E-state index in [-0.39, 0.29) is 36.2 Å². The first kappa shape index (κ1) is 54.5. The number of rotatable bonds is 39. The van der Waals surface area contributed by atoms with Crippen LogP contribution in [-0.2, 0) is 28.6 Å². The highest BCUT2D eigenvalue weighted by atomic mass is 16.6. The third-order valence-electron chi connectivity index (χ3n) is 9.53. The molecule has 0 spiro atoms. The lowest BCUT2D eigenvalue weighted by Gasteiger charge is -2.31. The lowest BCUT2D eigenvalue weighted by atomic mass is 10.1. The number of carboxylic acids is 1. The third-order valence-corrected chi connectivity index (χ3v) is 9.53. The second-order valence-corrected chi connectivity index (χ2v) is 15.9. The number of allylic oxidation sites excluding steroid dienone is 14. The van der Waals surface area contributed by atoms with Crippen molar-refractivity contribution in [3.05, 3.63) is 85.1 Å². The summed E-state index contributed by atoms with van der Waals surface area (Å²) in [5.74, 6) is -1.52. The van der Waals surface area contributed by atoms with Crippen molar-refractivity contribution in [3.63, 3.8) is 0 Å². The second kappa shape index (κ2) is 40.3. The number of carbonyl (C=O) groups excluding carboxylic acids is 2. The van der Waals surface area contributed by atoms with Crippen LogP contribution >= 0.6 is 0 Å². The smallest absolute Gasteiger partial charge is 0.362 e. The number of carbonyl (C=O) groups is 3. The largest absolute Gasteiger partial charge is 0.477 e. The number of nitrogens with zero attached hydrogens (tertiary/aromatic N) is 1. The molecule has 0 heterocycles. The molecule has 0 saturated carbocycles. The number of likely N-dealkylation sites (N-methyl/N-ethyl adjacent to an activating group) is 1. The molecule has 0 aromatic carbocycles. The Balaban J connectivity index is 4.34. The predicted molar refractivity (Wildman–Crippen MR) is 243 cm³/mol. The minimum Gasteiger partial charge on any atom is -0.477 e. The topological polar surface area (TPSA) is 99.1 Å². The number of quaternary nitrogens is 1. The third kappa shape index (κ3) is 38.1. The molecule has 0 aromatic rings. The summed E-state index contributed by atoms with van der Waals surface area (Å²) in [5.41, 5.74) is 0. The first-order valence-corrected chi connectivity index (χ1v) is 22.6. The van der Waals surface area contributed by atoms with Crippen molar-refractivity contribution in [2.24, 2.45) is 0 Å². The molecule has 330 valence electrons. The van der Waals surface area contributed by atoms with Gasteiger partial charge in [-0.2, -0.15) is 0 Å². The number of hydrogen-bond acceptors (Lipinski definition) is 6. The molecule has 0 aliphatic heterocycles. The van der Waals surface area contributed by atoms with Gasteiger partial charge in [0.15, 0.2) is 12.1 Å². The zero-order valence-electron chi connectivity index (χ0n) is 37.5. The monoisotopic (exact) mass is 811 g/mol. The van der Waals surface area contributed by atoms with Crippen molar-refractivity contribution < 1.29 is 38.2 Å². The van der Waals surface area contributed by atoms with Crippen LogP contribution in [0.1, 0.15) is 162 Å². The summed E-state index contributed by atoms with van der Waals surface area (Å²) in [6.07, 6.45) is 52.0. The van der Waals surface area contributed by atoms with Crippen molar-refractivity contribution >= 4 is 17.9 Å². The number of hydrogen-bond donors (Lipinski definition) is 1. The van der Waals surface area contributed by atoms with Gasteiger partial charge in [-0.15, -0.1) is 0 Å². The molecule has 2 unspecified atom stereocenters. The van der Waals surface area contributed by atoms with Crippen LogP contribution in [0.4, 0.5) is 0 Å². The van der Waals surface area contributed by atoms with Crippen LogP contribution in [0, 0.1) is 0 Å². The number of unbranched alkanes of at least 4 members (excludes halogenated alkanes) is 11. The van der Waals surface area contributed by atoms with E-state index in [4.69, 9.17) is 14.2 Å². The van der Waals surface area contributed by atoms with Crippen molar-refractivity contribution in [1.29, 1.82) is 0 Å². The SMILES string of the molecule is CC/C=C/C/C=C/C/C=C/C/C=C/C/C=C/C/C=C/CCCCCCC(=O)OCC(COCCC(C(=O)O)[N+](C)(C)C)OC(=O)CCCCCCC/C=C/CCCC. The molecule has 0 fully saturated rings. The Kier molecular flexibility index (Phi) is 37.9. The van der Waals surface area contributed by atoms with Crippen molar-refractivity contribution in [2.45, 2.75) is 174 Å². The van der Waals surface area contributed by atoms with E-state index in [1.807, 2.05) is 21.1 Å². The maximum Gasteiger partial charge on any atom is 0.362 e. The van der Waals surface area contributed by atoms with Crippen molar-refractivity contribution in [3.8, 4) is 0 Å². The van der Waals surface area contributed by atoms with Crippen molar-refractivity contribution in [2.75, 3.05) is 41.0 Å². The summed E-state index contributed by atoms with van der Waals surface area (Å²) in [7, 11) is 5.50. The fourth-order valence-electron chi connectivity index (χ4n) is 6.02. The lowest BCUT2D eigenvalue weighted by Crippen LogP contribution is -2.50. The highest BCUT2D eigenvalue weighted by Gasteiger charge is 2.31. The molecule has 0 amide bonds. The van der Waals surface area contributed by atoms with E-state index >= 15 is 0 Å². The summed E-state index contributed by atoms with van der Waals surface area (Å²) >= 11 is 0. The average molecular weight is 811 g/mol. The summed E-state index contributed by atoms with van der Waals surface area (Å²) in [5, 5.41) is 9.61. The maximum atomic E-state index is 12.7. The van der Waals surface area contributed by atoms with E-state index in [1.54, 1.807) is 0 Å². The highest BCUT2D eigenvalue weighted by molar-refractivity contribution is 5.72. The Bertz CT molecular complexity index is 1220. The number of carboxylic acid groups (broad SMARTS) is 1. The van der Waals surface area contributed by atoms with Gasteiger partial charge in [0.2, 0.25) is 0 Å². The van der Waals surface area contributed by atoms with Gasteiger partial charge in [0.25, 0.3) is 0 Å². The average Bonchev–Trinajstić information content (AvgIpc) is 3.18. The van der Waals surface area contributed by atoms with Crippen LogP contribution in [0.25, 0.3) is 0 Å². The molecule has 0 aliphatic carbocycles. The van der Waals surface area contributed by atoms with Gasteiger partial charge >= 0.3 is 17.9 Å². The van der Waals surface area contributed by atoms with Gasteiger partial charge < -0.3 is 23.8 Å². The van der Waals surface area contributed by atoms with Crippen LogP contribution in [0.15, 0.2) is 85.1 Å². The Morgan fingerprint density at radius 1 is 0.534 bits per heavy atom. The van der Waals surface area contributed by atoms with Gasteiger partial charge in [0.1, 0.15) is 6.61 Å². The maximum absolute atomic E-state index is 12.7. The Hall–Kier alpha value is -3.49. The van der Waals surface area contributed by atoms with E-state index in [0.29, 0.717) is 19.3 Å². The molecule has 8 heteroatoms. The van der Waals surface area contributed by atoms with Gasteiger partial charge in [-0.05, 0) is 83.5 Å². The minimum absolute atomic E-state index is 0.0445. The van der Waals surface area contributed by atoms with Gasteiger partial charge in [0.05, 0.1) is 34.4 Å². The van der Waals surface area contributed by atoms with Gasteiger partial charge in [-0.1, -0.05) is 144 Å². The molecular weight excluding hydrogens is 727 g/mol. The quantitative estimate of drug-likeness (QED) is 0.0286. The lowest BCUT2D eigenvalue weighted by molar-refractivity contribution is -0.887. The zero-order valence-corrected chi connectivity index (χ0v) is 37.5. The normalized spacial score (nSPS) is 13.7. The standard InChI is InChI=1S/C50H83NO7/c1-6-8-10-12-14-16-18-19-20-21-22-23-24-25-26-27-28-29-31-32-34-36-38-40-48(52)57-45-46(44-56-43-42-47(50(54)55)51(3,4)5)58-49(53)41-39-37-35-33-30-17-15-13-11-9-7-2/h8,10,13-16,19-20,22-23,25-26,28-29,46-47H,6-7,9,11-12,17-18,21,24,27,30-45H2,1-5H3/p+1/b10-8+,15-13+,16-14+,20-19+,23-22+,26-25+,29-28+. The Labute approximate surface area is 354 Å². The fraction of sp³-hybridized carbons (Fsp3) is 0.660. The van der Waals surface area contributed by atoms with E-state index < -0.39 is 18.1 Å². The zero-order chi connectivity index (χ0) is 42.8. The minimum atomic E-state index is -0.884. The number of esters is 2. The summed E-state index contributed by atoms with van der Waals surface area (Å²) in [4.78, 5) is 36.9. The van der Waals surface area contributed by atoms with E-state index in [0.717, 1.165) is 109 Å². The predicted octanol–water partition coefficient (Wildman–Crippen LogP) is 12.5. The Morgan fingerprint density at radius 3 is 1.45 bits per heavy atom. The number of ether oxygens (including phenoxy) is 3. The first-order valence-electron chi connectivity index (χ1n) is 22.6. The van der Waals surface area contributed by atoms with E-state index in [2.05, 4.69) is 98.9 Å². The molecule has 0 saturated heterocycles. The van der Waals surface area contributed by atoms with Gasteiger partial charge in [0, 0.05) is 19.3 Å². The molecular formula is C50H84NO7+. The molecule has 58 heavy (non-hydrogen) atoms. The Morgan fingerprint density at radius 2 is 0.966 bits per heavy atom. The highest BCUT2D eigenvalue weighted by Crippen LogP contribution is 2.13. The van der Waals surface area contributed by atoms with Crippen LogP contribution in [0.2, 0.25) is 0 Å². The molecule has 2 atom stereocenters. The fourth-order valence-corrected chi connectivity index (χ4v) is 6.02. The van der Waals surface area contributed by atoms with E-state index in [1.165, 1.54) is 19.3 Å². The van der Waals surface area contributed by atoms with Gasteiger partial charge in [-0.25, -0.2) is 4.79 Å². The van der Waals surface area contributed by atoms with Crippen LogP contribution in [0.3, 0.4) is 0 Å². The molecule has 0 bridgehead atoms. The molecule has 8 nitrogen and oxygen atoms in total. The summed E-state index contributed by atoms with van der Waals surface area (Å²) in [6.45, 7) is 4.53. The van der Waals surface area contributed by atoms with Crippen LogP contribution in [-0.4, -0.2) is 80.6 Å². The van der Waals surface area contributed by atoms with Gasteiger partial charge in [-0.3, -0.25) is 9.59 Å².